The van der Waals surface area contributed by atoms with Crippen LogP contribution in [0.5, 0.6) is 0 Å². The molecule has 1 aromatic carbocycles. The molecule has 6 heteroatoms. The van der Waals surface area contributed by atoms with Gasteiger partial charge in [-0.15, -0.1) is 0 Å². The molecule has 0 unspecified atom stereocenters. The summed E-state index contributed by atoms with van der Waals surface area (Å²) in [7, 11) is 1.85. The number of amides is 2. The number of benzene rings is 1. The minimum atomic E-state index is -0.307. The van der Waals surface area contributed by atoms with Crippen LogP contribution in [0.25, 0.3) is 0 Å². The average molecular weight is 289 g/mol. The number of imide groups is 1. The van der Waals surface area contributed by atoms with E-state index in [0.717, 1.165) is 10.7 Å². The summed E-state index contributed by atoms with van der Waals surface area (Å²) in [5.41, 5.74) is 0.884. The van der Waals surface area contributed by atoms with Gasteiger partial charge in [0.25, 0.3) is 0 Å². The van der Waals surface area contributed by atoms with Crippen LogP contribution in [0.15, 0.2) is 47.9 Å². The number of thioether (sulfide) groups is 1. The fourth-order valence-corrected chi connectivity index (χ4v) is 2.37. The number of carbonyl (C=O) groups excluding carboxylic acids is 2. The number of hydrogen-bond donors (Lipinski definition) is 1. The summed E-state index contributed by atoms with van der Waals surface area (Å²) in [6.07, 6.45) is 3.68. The molecule has 0 radical (unpaired) electrons. The Kier molecular flexibility index (Phi) is 4.95. The number of rotatable bonds is 5. The number of carbonyl (C=O) groups is 2. The molecule has 2 aromatic rings. The molecule has 104 valence electrons. The summed E-state index contributed by atoms with van der Waals surface area (Å²) >= 11 is 1.30. The molecule has 1 N–H and O–H groups in total. The molecule has 0 bridgehead atoms. The Balaban J connectivity index is 1.77. The second kappa shape index (κ2) is 6.91. The van der Waals surface area contributed by atoms with Crippen molar-refractivity contribution in [2.75, 3.05) is 5.75 Å². The zero-order valence-corrected chi connectivity index (χ0v) is 11.9. The predicted octanol–water partition coefficient (Wildman–Crippen LogP) is 1.40. The number of nitrogens with zero attached hydrogens (tertiary/aromatic N) is 2. The first-order chi connectivity index (χ1) is 9.65. The van der Waals surface area contributed by atoms with Gasteiger partial charge in [-0.3, -0.25) is 14.9 Å². The van der Waals surface area contributed by atoms with Gasteiger partial charge in [0.1, 0.15) is 0 Å². The van der Waals surface area contributed by atoms with E-state index >= 15 is 0 Å². The van der Waals surface area contributed by atoms with Gasteiger partial charge in [-0.1, -0.05) is 42.1 Å². The molecule has 0 aliphatic rings. The van der Waals surface area contributed by atoms with Crippen LogP contribution in [0.3, 0.4) is 0 Å². The lowest BCUT2D eigenvalue weighted by Crippen LogP contribution is -2.33. The molecule has 20 heavy (non-hydrogen) atoms. The summed E-state index contributed by atoms with van der Waals surface area (Å²) in [4.78, 5) is 27.4. The van der Waals surface area contributed by atoms with E-state index in [2.05, 4.69) is 10.3 Å². The van der Waals surface area contributed by atoms with E-state index < -0.39 is 0 Å². The van der Waals surface area contributed by atoms with Crippen molar-refractivity contribution in [2.45, 2.75) is 11.6 Å². The number of nitrogens with one attached hydrogen (secondary N) is 1. The highest BCUT2D eigenvalue weighted by atomic mass is 32.2. The highest BCUT2D eigenvalue weighted by Crippen LogP contribution is 2.13. The molecule has 0 spiro atoms. The summed E-state index contributed by atoms with van der Waals surface area (Å²) in [6, 6.07) is 9.32. The van der Waals surface area contributed by atoms with E-state index in [1.54, 1.807) is 12.4 Å². The van der Waals surface area contributed by atoms with E-state index in [9.17, 15) is 9.59 Å². The van der Waals surface area contributed by atoms with Crippen molar-refractivity contribution in [3.8, 4) is 0 Å². The van der Waals surface area contributed by atoms with Crippen molar-refractivity contribution in [1.82, 2.24) is 14.9 Å². The smallest absolute Gasteiger partial charge is 0.237 e. The molecule has 2 rings (SSSR count). The fraction of sp³-hybridized carbons (Fsp3) is 0.214. The maximum Gasteiger partial charge on any atom is 0.237 e. The lowest BCUT2D eigenvalue weighted by atomic mass is 10.1. The van der Waals surface area contributed by atoms with Gasteiger partial charge in [0.05, 0.1) is 12.2 Å². The first kappa shape index (κ1) is 14.3. The van der Waals surface area contributed by atoms with Crippen LogP contribution in [0, 0.1) is 0 Å². The highest BCUT2D eigenvalue weighted by molar-refractivity contribution is 7.99. The Morgan fingerprint density at radius 2 is 2.00 bits per heavy atom. The topological polar surface area (TPSA) is 64.0 Å². The Hall–Kier alpha value is -2.08. The first-order valence-corrected chi connectivity index (χ1v) is 7.10. The van der Waals surface area contributed by atoms with Crippen LogP contribution < -0.4 is 5.32 Å². The molecule has 2 amide bonds. The first-order valence-electron chi connectivity index (χ1n) is 6.12. The normalized spacial score (nSPS) is 10.2. The summed E-state index contributed by atoms with van der Waals surface area (Å²) < 4.78 is 1.82. The zero-order valence-electron chi connectivity index (χ0n) is 11.1. The third-order valence-electron chi connectivity index (χ3n) is 2.60. The molecule has 0 aliphatic heterocycles. The lowest BCUT2D eigenvalue weighted by Gasteiger charge is -2.04. The predicted molar refractivity (Wildman–Crippen MR) is 77.2 cm³/mol. The van der Waals surface area contributed by atoms with Gasteiger partial charge >= 0.3 is 0 Å². The van der Waals surface area contributed by atoms with Gasteiger partial charge in [-0.25, -0.2) is 4.98 Å². The maximum atomic E-state index is 11.7. The van der Waals surface area contributed by atoms with Crippen LogP contribution >= 0.6 is 11.8 Å². The van der Waals surface area contributed by atoms with Crippen molar-refractivity contribution < 1.29 is 9.59 Å². The maximum absolute atomic E-state index is 11.7. The van der Waals surface area contributed by atoms with Crippen LogP contribution in [0.2, 0.25) is 0 Å². The third kappa shape index (κ3) is 4.24. The van der Waals surface area contributed by atoms with Gasteiger partial charge < -0.3 is 4.57 Å². The molecule has 0 aliphatic carbocycles. The third-order valence-corrected chi connectivity index (χ3v) is 3.65. The SMILES string of the molecule is Cn1ccnc1SCC(=O)NC(=O)Cc1ccccc1. The molecule has 5 nitrogen and oxygen atoms in total. The van der Waals surface area contributed by atoms with Crippen LogP contribution in [0.1, 0.15) is 5.56 Å². The Morgan fingerprint density at radius 1 is 1.25 bits per heavy atom. The summed E-state index contributed by atoms with van der Waals surface area (Å²) in [6.45, 7) is 0. The Labute approximate surface area is 121 Å². The molecule has 0 saturated heterocycles. The van der Waals surface area contributed by atoms with E-state index in [-0.39, 0.29) is 24.0 Å². The molecule has 1 heterocycles. The van der Waals surface area contributed by atoms with E-state index in [1.807, 2.05) is 41.9 Å². The highest BCUT2D eigenvalue weighted by Gasteiger charge is 2.10. The lowest BCUT2D eigenvalue weighted by molar-refractivity contribution is -0.128. The molecule has 0 saturated carbocycles. The average Bonchev–Trinajstić information content (AvgIpc) is 2.83. The minimum Gasteiger partial charge on any atom is -0.329 e. The van der Waals surface area contributed by atoms with Crippen molar-refractivity contribution in [2.24, 2.45) is 7.05 Å². The van der Waals surface area contributed by atoms with E-state index in [4.69, 9.17) is 0 Å². The van der Waals surface area contributed by atoms with Gasteiger partial charge in [0.2, 0.25) is 11.8 Å². The van der Waals surface area contributed by atoms with Gasteiger partial charge in [-0.2, -0.15) is 0 Å². The number of aryl methyl sites for hydroxylation is 1. The van der Waals surface area contributed by atoms with Crippen LogP contribution in [-0.4, -0.2) is 27.1 Å². The molecular formula is C14H15N3O2S. The van der Waals surface area contributed by atoms with Gasteiger partial charge in [-0.05, 0) is 5.56 Å². The summed E-state index contributed by atoms with van der Waals surface area (Å²) in [5.74, 6) is -0.425. The second-order valence-electron chi connectivity index (χ2n) is 4.24. The largest absolute Gasteiger partial charge is 0.329 e. The van der Waals surface area contributed by atoms with Crippen molar-refractivity contribution in [3.05, 3.63) is 48.3 Å². The summed E-state index contributed by atoms with van der Waals surface area (Å²) in [5, 5.41) is 3.12. The Morgan fingerprint density at radius 3 is 2.65 bits per heavy atom. The molecule has 1 aromatic heterocycles. The molecule has 0 fully saturated rings. The van der Waals surface area contributed by atoms with Crippen LogP contribution in [-0.2, 0) is 23.1 Å². The molecular weight excluding hydrogens is 274 g/mol. The monoisotopic (exact) mass is 289 g/mol. The second-order valence-corrected chi connectivity index (χ2v) is 5.19. The number of hydrogen-bond acceptors (Lipinski definition) is 4. The van der Waals surface area contributed by atoms with Crippen LogP contribution in [0.4, 0.5) is 0 Å². The van der Waals surface area contributed by atoms with Gasteiger partial charge in [0, 0.05) is 19.4 Å². The van der Waals surface area contributed by atoms with E-state index in [1.165, 1.54) is 11.8 Å². The van der Waals surface area contributed by atoms with Crippen molar-refractivity contribution >= 4 is 23.6 Å². The standard InChI is InChI=1S/C14H15N3O2S/c1-17-8-7-15-14(17)20-10-13(19)16-12(18)9-11-5-3-2-4-6-11/h2-8H,9-10H2,1H3,(H,16,18,19). The minimum absolute atomic E-state index is 0.172. The zero-order chi connectivity index (χ0) is 14.4. The van der Waals surface area contributed by atoms with E-state index in [0.29, 0.717) is 0 Å². The van der Waals surface area contributed by atoms with Crippen molar-refractivity contribution in [1.29, 1.82) is 0 Å². The van der Waals surface area contributed by atoms with Gasteiger partial charge in [0.15, 0.2) is 5.16 Å². The number of imidazole rings is 1. The van der Waals surface area contributed by atoms with Crippen molar-refractivity contribution in [3.63, 3.8) is 0 Å². The molecule has 0 atom stereocenters. The quantitative estimate of drug-likeness (QED) is 0.845. The number of aromatic nitrogens is 2. The Bertz CT molecular complexity index is 595. The fourth-order valence-electron chi connectivity index (χ4n) is 1.64.